The normalized spacial score (nSPS) is 27.8. The lowest BCUT2D eigenvalue weighted by Gasteiger charge is -2.16. The molecule has 11 nitrogen and oxygen atoms in total. The van der Waals surface area contributed by atoms with Gasteiger partial charge in [-0.1, -0.05) is 0 Å². The van der Waals surface area contributed by atoms with Crippen LogP contribution in [0.25, 0.3) is 11.2 Å². The molecular weight excluding hydrogens is 368 g/mol. The molecule has 0 amide bonds. The number of nitrogen functional groups attached to an aromatic ring is 1. The highest BCUT2D eigenvalue weighted by molar-refractivity contribution is 8.06. The fourth-order valence-corrected chi connectivity index (χ4v) is 2.90. The summed E-state index contributed by atoms with van der Waals surface area (Å²) in [4.78, 5) is 39.8. The number of nitrogens with two attached hydrogens (primary N) is 1. The molecule has 4 atom stereocenters. The number of anilines is 1. The van der Waals surface area contributed by atoms with Crippen molar-refractivity contribution < 1.29 is 28.5 Å². The van der Waals surface area contributed by atoms with Crippen molar-refractivity contribution in [3.8, 4) is 0 Å². The van der Waals surface area contributed by atoms with Gasteiger partial charge in [-0.15, -0.1) is 0 Å². The number of halogens is 1. The second kappa shape index (κ2) is 6.11. The monoisotopic (exact) mass is 381 g/mol. The van der Waals surface area contributed by atoms with Crippen molar-refractivity contribution in [2.75, 3.05) is 12.3 Å². The smallest absolute Gasteiger partial charge is 0.321 e. The van der Waals surface area contributed by atoms with Crippen LogP contribution >= 0.6 is 6.72 Å². The Bertz CT molecular complexity index is 869. The number of rotatable bonds is 4. The standard InChI is InChI=1S/C10H13FN5O6PS/c11-4-3(1-21-23(19,20)24)22-9(6(4)17)16-2-13-5-7(16)14-10(12)15-8(5)18/h2-4,6,9,17H,1H2,(H2,19,20,24)(H3,12,14,15,18)/t3-,4+,6+,9?/m1/s1. The maximum absolute atomic E-state index is 14.2. The van der Waals surface area contributed by atoms with Crippen molar-refractivity contribution in [3.05, 3.63) is 16.7 Å². The van der Waals surface area contributed by atoms with Gasteiger partial charge in [0.05, 0.1) is 12.9 Å². The molecule has 0 spiro atoms. The van der Waals surface area contributed by atoms with Gasteiger partial charge in [-0.3, -0.25) is 14.3 Å². The van der Waals surface area contributed by atoms with Gasteiger partial charge in [-0.25, -0.2) is 9.37 Å². The predicted octanol–water partition coefficient (Wildman–Crippen LogP) is -1.48. The Kier molecular flexibility index (Phi) is 4.42. The van der Waals surface area contributed by atoms with E-state index >= 15 is 0 Å². The van der Waals surface area contributed by atoms with E-state index in [4.69, 9.17) is 20.3 Å². The number of imidazole rings is 1. The number of nitrogens with zero attached hydrogens (tertiary/aromatic N) is 3. The summed E-state index contributed by atoms with van der Waals surface area (Å²) in [6.07, 6.45) is -4.94. The van der Waals surface area contributed by atoms with Gasteiger partial charge in [0.25, 0.3) is 5.56 Å². The van der Waals surface area contributed by atoms with Crippen LogP contribution in [0.2, 0.25) is 0 Å². The molecule has 1 unspecified atom stereocenters. The number of aromatic amines is 1. The molecule has 1 saturated heterocycles. The first-order valence-corrected chi connectivity index (χ1v) is 9.20. The first-order valence-electron chi connectivity index (χ1n) is 6.57. The lowest BCUT2D eigenvalue weighted by Crippen LogP contribution is -2.30. The average molecular weight is 381 g/mol. The molecule has 3 heterocycles. The molecule has 0 saturated carbocycles. The third-order valence-electron chi connectivity index (χ3n) is 3.42. The molecule has 1 aliphatic heterocycles. The molecule has 1 aliphatic rings. The maximum atomic E-state index is 14.2. The fraction of sp³-hybridized carbons (Fsp3) is 0.500. The lowest BCUT2D eigenvalue weighted by atomic mass is 10.1. The van der Waals surface area contributed by atoms with E-state index in [1.807, 2.05) is 0 Å². The number of aromatic nitrogens is 4. The van der Waals surface area contributed by atoms with Crippen LogP contribution in [-0.4, -0.2) is 59.4 Å². The second-order valence-electron chi connectivity index (χ2n) is 5.06. The SMILES string of the molecule is Nc1nc2c(ncn2C2O[C@H](COP(O)(O)=S)[C@H](F)[C@@H]2O)c(=O)[nH]1. The van der Waals surface area contributed by atoms with Crippen molar-refractivity contribution >= 4 is 35.6 Å². The number of ether oxygens (including phenoxy) is 1. The Labute approximate surface area is 138 Å². The van der Waals surface area contributed by atoms with E-state index in [0.29, 0.717) is 0 Å². The molecule has 24 heavy (non-hydrogen) atoms. The zero-order chi connectivity index (χ0) is 17.6. The van der Waals surface area contributed by atoms with Gasteiger partial charge in [-0.05, 0) is 11.8 Å². The molecule has 3 rings (SSSR count). The zero-order valence-corrected chi connectivity index (χ0v) is 13.5. The van der Waals surface area contributed by atoms with Crippen LogP contribution < -0.4 is 11.3 Å². The first kappa shape index (κ1) is 17.4. The molecule has 14 heteroatoms. The highest BCUT2D eigenvalue weighted by atomic mass is 32.5. The van der Waals surface area contributed by atoms with Crippen LogP contribution in [0.3, 0.4) is 0 Å². The third-order valence-corrected chi connectivity index (χ3v) is 4.22. The van der Waals surface area contributed by atoms with Gasteiger partial charge in [0, 0.05) is 0 Å². The molecule has 2 aromatic heterocycles. The Morgan fingerprint density at radius 3 is 2.96 bits per heavy atom. The van der Waals surface area contributed by atoms with Crippen molar-refractivity contribution in [2.45, 2.75) is 24.6 Å². The zero-order valence-electron chi connectivity index (χ0n) is 11.8. The third kappa shape index (κ3) is 3.19. The number of nitrogens with one attached hydrogen (secondary N) is 1. The van der Waals surface area contributed by atoms with E-state index in [0.717, 1.165) is 10.9 Å². The summed E-state index contributed by atoms with van der Waals surface area (Å²) < 4.78 is 25.2. The molecule has 0 radical (unpaired) electrons. The predicted molar refractivity (Wildman–Crippen MR) is 82.0 cm³/mol. The summed E-state index contributed by atoms with van der Waals surface area (Å²) >= 11 is 4.27. The van der Waals surface area contributed by atoms with Gasteiger partial charge < -0.3 is 29.9 Å². The van der Waals surface area contributed by atoms with Crippen molar-refractivity contribution in [1.82, 2.24) is 19.5 Å². The summed E-state index contributed by atoms with van der Waals surface area (Å²) in [7, 11) is 0. The summed E-state index contributed by atoms with van der Waals surface area (Å²) in [5.41, 5.74) is 4.82. The van der Waals surface area contributed by atoms with Gasteiger partial charge in [-0.2, -0.15) is 4.98 Å². The Morgan fingerprint density at radius 1 is 1.58 bits per heavy atom. The van der Waals surface area contributed by atoms with Crippen LogP contribution in [0.15, 0.2) is 11.1 Å². The summed E-state index contributed by atoms with van der Waals surface area (Å²) in [5, 5.41) is 10.0. The van der Waals surface area contributed by atoms with Gasteiger partial charge in [0.2, 0.25) is 5.95 Å². The van der Waals surface area contributed by atoms with Crippen LogP contribution in [-0.2, 0) is 21.1 Å². The van der Waals surface area contributed by atoms with E-state index in [9.17, 15) is 14.3 Å². The molecule has 0 aromatic carbocycles. The molecular formula is C10H13FN5O6PS. The highest BCUT2D eigenvalue weighted by Crippen LogP contribution is 2.39. The van der Waals surface area contributed by atoms with Crippen LogP contribution in [0, 0.1) is 0 Å². The first-order chi connectivity index (χ1) is 11.2. The topological polar surface area (TPSA) is 169 Å². The van der Waals surface area contributed by atoms with Crippen LogP contribution in [0.1, 0.15) is 6.23 Å². The van der Waals surface area contributed by atoms with Crippen molar-refractivity contribution in [2.24, 2.45) is 0 Å². The number of H-pyrrole nitrogens is 1. The number of hydrogen-bond donors (Lipinski definition) is 5. The van der Waals surface area contributed by atoms with Gasteiger partial charge in [0.1, 0.15) is 12.2 Å². The maximum Gasteiger partial charge on any atom is 0.321 e. The number of aliphatic hydroxyl groups is 1. The van der Waals surface area contributed by atoms with E-state index in [1.165, 1.54) is 0 Å². The summed E-state index contributed by atoms with van der Waals surface area (Å²) in [6.45, 7) is -4.55. The number of hydrogen-bond acceptors (Lipinski definition) is 8. The molecule has 132 valence electrons. The van der Waals surface area contributed by atoms with Gasteiger partial charge >= 0.3 is 6.72 Å². The second-order valence-corrected chi connectivity index (χ2v) is 7.73. The van der Waals surface area contributed by atoms with Crippen LogP contribution in [0.4, 0.5) is 10.3 Å². The highest BCUT2D eigenvalue weighted by Gasteiger charge is 2.46. The quantitative estimate of drug-likeness (QED) is 0.394. The minimum Gasteiger partial charge on any atom is -0.385 e. The average Bonchev–Trinajstić information content (AvgIpc) is 3.00. The number of alkyl halides is 1. The lowest BCUT2D eigenvalue weighted by molar-refractivity contribution is -0.0474. The van der Waals surface area contributed by atoms with Crippen molar-refractivity contribution in [3.63, 3.8) is 0 Å². The summed E-state index contributed by atoms with van der Waals surface area (Å²) in [5.74, 6) is -0.181. The van der Waals surface area contributed by atoms with Crippen LogP contribution in [0.5, 0.6) is 0 Å². The number of aliphatic hydroxyl groups excluding tert-OH is 1. The molecule has 0 bridgehead atoms. The minimum absolute atomic E-state index is 0.00324. The number of fused-ring (bicyclic) bond motifs is 1. The largest absolute Gasteiger partial charge is 0.385 e. The van der Waals surface area contributed by atoms with E-state index in [2.05, 4.69) is 31.3 Å². The molecule has 2 aromatic rings. The molecule has 1 fully saturated rings. The van der Waals surface area contributed by atoms with Gasteiger partial charge in [0.15, 0.2) is 23.6 Å². The van der Waals surface area contributed by atoms with E-state index in [1.54, 1.807) is 0 Å². The summed E-state index contributed by atoms with van der Waals surface area (Å²) in [6, 6.07) is 0. The molecule has 0 aliphatic carbocycles. The Balaban J connectivity index is 1.90. The Morgan fingerprint density at radius 2 is 2.29 bits per heavy atom. The fourth-order valence-electron chi connectivity index (χ4n) is 2.37. The van der Waals surface area contributed by atoms with Crippen molar-refractivity contribution in [1.29, 1.82) is 0 Å². The Hall–Kier alpha value is -1.47. The van der Waals surface area contributed by atoms with E-state index < -0.39 is 43.5 Å². The minimum atomic E-state index is -3.98. The van der Waals surface area contributed by atoms with E-state index in [-0.39, 0.29) is 17.1 Å². The molecule has 6 N–H and O–H groups in total.